The van der Waals surface area contributed by atoms with E-state index in [1.165, 1.54) is 4.57 Å². The molecule has 1 fully saturated rings. The van der Waals surface area contributed by atoms with E-state index in [-0.39, 0.29) is 35.1 Å². The Bertz CT molecular complexity index is 1690. The number of benzene rings is 2. The molecule has 1 aliphatic heterocycles. The van der Waals surface area contributed by atoms with E-state index in [2.05, 4.69) is 27.2 Å². The molecule has 2 aromatic carbocycles. The molecule has 0 saturated carbocycles. The molecule has 0 radical (unpaired) electrons. The number of alkyl halides is 1. The summed E-state index contributed by atoms with van der Waals surface area (Å²) in [6.07, 6.45) is 7.64. The second kappa shape index (κ2) is 14.6. The third-order valence-corrected chi connectivity index (χ3v) is 9.02. The fourth-order valence-corrected chi connectivity index (χ4v) is 6.46. The molecule has 45 heavy (non-hydrogen) atoms. The van der Waals surface area contributed by atoms with Crippen LogP contribution in [0.1, 0.15) is 55.7 Å². The number of aliphatic hydroxyl groups excluding tert-OH is 1. The predicted octanol–water partition coefficient (Wildman–Crippen LogP) is 5.27. The molecule has 2 aromatic heterocycles. The quantitative estimate of drug-likeness (QED) is 0.106. The Hall–Kier alpha value is -3.64. The van der Waals surface area contributed by atoms with E-state index in [0.29, 0.717) is 47.8 Å². The molecule has 240 valence electrons. The summed E-state index contributed by atoms with van der Waals surface area (Å²) < 4.78 is 29.2. The molecule has 1 saturated heterocycles. The summed E-state index contributed by atoms with van der Waals surface area (Å²) in [5.41, 5.74) is 9.11. The van der Waals surface area contributed by atoms with Gasteiger partial charge in [0.2, 0.25) is 0 Å². The zero-order chi connectivity index (χ0) is 32.1. The molecule has 3 heterocycles. The maximum atomic E-state index is 15.2. The highest BCUT2D eigenvalue weighted by Crippen LogP contribution is 2.35. The molecule has 0 amide bonds. The molecule has 0 aliphatic carbocycles. The number of hydrogen-bond donors (Lipinski definition) is 5. The van der Waals surface area contributed by atoms with Gasteiger partial charge in [-0.1, -0.05) is 23.7 Å². The van der Waals surface area contributed by atoms with Gasteiger partial charge in [0.05, 0.1) is 23.0 Å². The summed E-state index contributed by atoms with van der Waals surface area (Å²) in [6, 6.07) is 13.2. The zero-order valence-electron chi connectivity index (χ0n) is 25.3. The molecule has 5 rings (SSSR count). The number of likely N-dealkylation sites (tertiary alicyclic amines) is 1. The van der Waals surface area contributed by atoms with Gasteiger partial charge in [0.25, 0.3) is 0 Å². The lowest BCUT2D eigenvalue weighted by Crippen LogP contribution is -2.41. The summed E-state index contributed by atoms with van der Waals surface area (Å²) in [5, 5.41) is 20.1. The van der Waals surface area contributed by atoms with E-state index in [4.69, 9.17) is 27.9 Å². The van der Waals surface area contributed by atoms with Gasteiger partial charge >= 0.3 is 5.69 Å². The molecular weight excluding hydrogens is 600 g/mol. The van der Waals surface area contributed by atoms with E-state index in [1.807, 2.05) is 24.3 Å². The molecule has 3 atom stereocenters. The first-order valence-corrected chi connectivity index (χ1v) is 15.7. The van der Waals surface area contributed by atoms with Crippen molar-refractivity contribution in [2.24, 2.45) is 5.73 Å². The molecule has 1 aliphatic rings. The molecule has 0 unspecified atom stereocenters. The lowest BCUT2D eigenvalue weighted by atomic mass is 9.90. The number of aliphatic hydroxyl groups is 1. The van der Waals surface area contributed by atoms with Crippen molar-refractivity contribution in [1.29, 1.82) is 5.41 Å². The number of rotatable bonds is 12. The van der Waals surface area contributed by atoms with Crippen molar-refractivity contribution in [3.63, 3.8) is 0 Å². The smallest absolute Gasteiger partial charge is 0.354 e. The Balaban J connectivity index is 1.34. The number of halogens is 3. The summed E-state index contributed by atoms with van der Waals surface area (Å²) in [4.78, 5) is 22.7. The minimum absolute atomic E-state index is 0.00383. The third-order valence-electron chi connectivity index (χ3n) is 8.75. The van der Waals surface area contributed by atoms with Gasteiger partial charge in [-0.2, -0.15) is 4.98 Å². The number of aromatic amines is 1. The van der Waals surface area contributed by atoms with E-state index in [1.54, 1.807) is 24.4 Å². The number of H-pyrrole nitrogens is 1. The van der Waals surface area contributed by atoms with Gasteiger partial charge < -0.3 is 21.1 Å². The van der Waals surface area contributed by atoms with Crippen LogP contribution in [-0.4, -0.2) is 69.3 Å². The van der Waals surface area contributed by atoms with Crippen LogP contribution >= 0.6 is 11.6 Å². The first kappa shape index (κ1) is 32.7. The van der Waals surface area contributed by atoms with E-state index in [9.17, 15) is 9.18 Å². The van der Waals surface area contributed by atoms with Crippen molar-refractivity contribution in [1.82, 2.24) is 24.8 Å². The van der Waals surface area contributed by atoms with Crippen LogP contribution < -0.4 is 16.7 Å². The van der Waals surface area contributed by atoms with Crippen molar-refractivity contribution in [3.05, 3.63) is 81.1 Å². The molecule has 0 bridgehead atoms. The van der Waals surface area contributed by atoms with E-state index in [0.717, 1.165) is 43.2 Å². The molecular formula is C33H40ClF2N7O2. The number of piperidine rings is 1. The van der Waals surface area contributed by atoms with Gasteiger partial charge in [-0.15, -0.1) is 0 Å². The Kier molecular flexibility index (Phi) is 10.7. The SMILES string of the molecule is CN1[C@H](CCNC(=N)CF)CCC[C@H]1c1ccc(-n2cc3cc(-c4cc(CCC[C@@H](N)CO)cc(Cl)c4F)[nH]c3nc2=O)cc1. The monoisotopic (exact) mass is 639 g/mol. The van der Waals surface area contributed by atoms with Gasteiger partial charge in [-0.3, -0.25) is 14.9 Å². The average Bonchev–Trinajstić information content (AvgIpc) is 3.45. The van der Waals surface area contributed by atoms with E-state index < -0.39 is 18.2 Å². The lowest BCUT2D eigenvalue weighted by molar-refractivity contribution is 0.109. The highest BCUT2D eigenvalue weighted by molar-refractivity contribution is 6.31. The summed E-state index contributed by atoms with van der Waals surface area (Å²) in [6.45, 7) is -0.302. The first-order chi connectivity index (χ1) is 21.7. The summed E-state index contributed by atoms with van der Waals surface area (Å²) in [5.74, 6) is -0.646. The van der Waals surface area contributed by atoms with Crippen LogP contribution in [0.4, 0.5) is 8.78 Å². The maximum absolute atomic E-state index is 15.2. The standard InChI is InChI=1S/C33H40ClF2N7O2/c1-42-24(12-13-39-30(38)17-35)6-3-7-29(42)21-8-10-25(11-9-21)43-18-22-16-28(40-32(22)41-33(43)45)26-14-20(15-27(34)31(26)36)4-2-5-23(37)19-44/h8-11,14-16,18,23-24,29,44H,2-7,12-13,17,19,37H2,1H3,(H2,38,39)(H,40,41,45)/t23-,24+,29+/m1/s1. The van der Waals surface area contributed by atoms with Gasteiger partial charge in [0, 0.05) is 41.8 Å². The first-order valence-electron chi connectivity index (χ1n) is 15.3. The third kappa shape index (κ3) is 7.61. The molecule has 6 N–H and O–H groups in total. The molecule has 4 aromatic rings. The van der Waals surface area contributed by atoms with Gasteiger partial charge in [0.1, 0.15) is 18.2 Å². The zero-order valence-corrected chi connectivity index (χ0v) is 26.1. The predicted molar refractivity (Wildman–Crippen MR) is 175 cm³/mol. The van der Waals surface area contributed by atoms with Crippen LogP contribution in [0.15, 0.2) is 53.5 Å². The summed E-state index contributed by atoms with van der Waals surface area (Å²) >= 11 is 6.24. The van der Waals surface area contributed by atoms with Crippen LogP contribution in [0, 0.1) is 11.2 Å². The topological polar surface area (TPSA) is 136 Å². The lowest BCUT2D eigenvalue weighted by Gasteiger charge is -2.40. The number of hydrogen-bond acceptors (Lipinski definition) is 6. The Morgan fingerprint density at radius 1 is 1.27 bits per heavy atom. The van der Waals surface area contributed by atoms with Crippen LogP contribution in [0.2, 0.25) is 5.02 Å². The van der Waals surface area contributed by atoms with Gasteiger partial charge in [0.15, 0.2) is 5.82 Å². The number of nitrogens with two attached hydrogens (primary N) is 1. The number of nitrogens with zero attached hydrogens (tertiary/aromatic N) is 3. The Morgan fingerprint density at radius 2 is 2.04 bits per heavy atom. The van der Waals surface area contributed by atoms with Crippen LogP contribution in [0.3, 0.4) is 0 Å². The largest absolute Gasteiger partial charge is 0.395 e. The highest BCUT2D eigenvalue weighted by Gasteiger charge is 2.28. The minimum Gasteiger partial charge on any atom is -0.395 e. The van der Waals surface area contributed by atoms with Crippen LogP contribution in [0.25, 0.3) is 28.0 Å². The number of aromatic nitrogens is 3. The van der Waals surface area contributed by atoms with Crippen LogP contribution in [-0.2, 0) is 6.42 Å². The molecule has 9 nitrogen and oxygen atoms in total. The highest BCUT2D eigenvalue weighted by atomic mass is 35.5. The number of nitrogens with one attached hydrogen (secondary N) is 3. The van der Waals surface area contributed by atoms with Crippen molar-refractivity contribution in [2.45, 2.75) is 63.1 Å². The maximum Gasteiger partial charge on any atom is 0.354 e. The van der Waals surface area contributed by atoms with Gasteiger partial charge in [-0.25, -0.2) is 13.6 Å². The second-order valence-corrected chi connectivity index (χ2v) is 12.2. The van der Waals surface area contributed by atoms with Crippen LogP contribution in [0.5, 0.6) is 0 Å². The average molecular weight is 640 g/mol. The number of amidine groups is 1. The fourth-order valence-electron chi connectivity index (χ4n) is 6.22. The van der Waals surface area contributed by atoms with Crippen molar-refractivity contribution in [2.75, 3.05) is 26.9 Å². The van der Waals surface area contributed by atoms with Crippen molar-refractivity contribution in [3.8, 4) is 16.9 Å². The Labute approximate surface area is 265 Å². The minimum atomic E-state index is -0.781. The van der Waals surface area contributed by atoms with Crippen molar-refractivity contribution < 1.29 is 13.9 Å². The van der Waals surface area contributed by atoms with Gasteiger partial charge in [-0.05, 0) is 93.5 Å². The fraction of sp³-hybridized carbons (Fsp3) is 0.424. The number of aryl methyl sites for hydroxylation is 1. The van der Waals surface area contributed by atoms with Crippen molar-refractivity contribution >= 4 is 28.5 Å². The second-order valence-electron chi connectivity index (χ2n) is 11.8. The molecule has 12 heteroatoms. The molecule has 0 spiro atoms. The Morgan fingerprint density at radius 3 is 2.78 bits per heavy atom. The van der Waals surface area contributed by atoms with E-state index >= 15 is 4.39 Å². The summed E-state index contributed by atoms with van der Waals surface area (Å²) in [7, 11) is 2.10. The number of fused-ring (bicyclic) bond motifs is 1. The normalized spacial score (nSPS) is 17.9.